The Bertz CT molecular complexity index is 855. The average Bonchev–Trinajstić information content (AvgIpc) is 3.19. The number of benzene rings is 2. The van der Waals surface area contributed by atoms with E-state index in [4.69, 9.17) is 4.74 Å². The van der Waals surface area contributed by atoms with E-state index in [9.17, 15) is 10.1 Å². The molecular formula is C20H25N5O3. The van der Waals surface area contributed by atoms with Gasteiger partial charge in [0.05, 0.1) is 17.7 Å². The van der Waals surface area contributed by atoms with Crippen molar-refractivity contribution < 1.29 is 9.66 Å². The zero-order valence-electron chi connectivity index (χ0n) is 16.1. The number of anilines is 1. The summed E-state index contributed by atoms with van der Waals surface area (Å²) < 4.78 is 5.46. The zero-order chi connectivity index (χ0) is 19.9. The molecule has 8 heteroatoms. The Morgan fingerprint density at radius 1 is 1.29 bits per heavy atom. The van der Waals surface area contributed by atoms with Gasteiger partial charge >= 0.3 is 0 Å². The number of nitrogens with zero attached hydrogens (tertiary/aromatic N) is 3. The van der Waals surface area contributed by atoms with E-state index in [1.54, 1.807) is 32.4 Å². The van der Waals surface area contributed by atoms with Gasteiger partial charge in [0.1, 0.15) is 5.75 Å². The van der Waals surface area contributed by atoms with E-state index >= 15 is 0 Å². The highest BCUT2D eigenvalue weighted by Crippen LogP contribution is 2.30. The summed E-state index contributed by atoms with van der Waals surface area (Å²) in [6, 6.07) is 14.9. The van der Waals surface area contributed by atoms with Crippen LogP contribution in [0, 0.1) is 10.1 Å². The number of para-hydroxylation sites is 3. The Kier molecular flexibility index (Phi) is 6.31. The van der Waals surface area contributed by atoms with Crippen LogP contribution in [0.3, 0.4) is 0 Å². The Labute approximate surface area is 164 Å². The van der Waals surface area contributed by atoms with E-state index < -0.39 is 0 Å². The lowest BCUT2D eigenvalue weighted by atomic mass is 10.2. The summed E-state index contributed by atoms with van der Waals surface area (Å²) in [5.74, 6) is 1.49. The molecule has 1 aliphatic heterocycles. The van der Waals surface area contributed by atoms with Crippen LogP contribution < -0.4 is 20.3 Å². The molecule has 1 heterocycles. The maximum absolute atomic E-state index is 11.2. The van der Waals surface area contributed by atoms with Gasteiger partial charge in [0.25, 0.3) is 5.69 Å². The van der Waals surface area contributed by atoms with Gasteiger partial charge in [-0.3, -0.25) is 15.1 Å². The second kappa shape index (κ2) is 9.07. The van der Waals surface area contributed by atoms with Crippen LogP contribution in [0.4, 0.5) is 11.4 Å². The Morgan fingerprint density at radius 3 is 2.79 bits per heavy atom. The smallest absolute Gasteiger partial charge is 0.274 e. The summed E-state index contributed by atoms with van der Waals surface area (Å²) in [7, 11) is 3.38. The molecule has 28 heavy (non-hydrogen) atoms. The van der Waals surface area contributed by atoms with Crippen LogP contribution in [0.5, 0.6) is 5.75 Å². The molecule has 2 aromatic rings. The highest BCUT2D eigenvalue weighted by Gasteiger charge is 2.25. The van der Waals surface area contributed by atoms with Crippen molar-refractivity contribution in [2.45, 2.75) is 19.0 Å². The predicted octanol–water partition coefficient (Wildman–Crippen LogP) is 2.55. The van der Waals surface area contributed by atoms with Gasteiger partial charge in [0, 0.05) is 44.4 Å². The third-order valence-corrected chi connectivity index (χ3v) is 4.81. The van der Waals surface area contributed by atoms with Crippen molar-refractivity contribution in [1.29, 1.82) is 0 Å². The largest absolute Gasteiger partial charge is 0.495 e. The number of aliphatic imine (C=N–C) groups is 1. The van der Waals surface area contributed by atoms with Gasteiger partial charge in [0.15, 0.2) is 5.96 Å². The summed E-state index contributed by atoms with van der Waals surface area (Å²) in [5, 5.41) is 17.7. The van der Waals surface area contributed by atoms with Crippen molar-refractivity contribution in [2.24, 2.45) is 4.99 Å². The maximum Gasteiger partial charge on any atom is 0.274 e. The SMILES string of the molecule is CN=C(NCc1ccccc1[N+](=O)[O-])NC1CCN(c2ccccc2OC)C1. The molecule has 1 aliphatic rings. The summed E-state index contributed by atoms with van der Waals surface area (Å²) in [5.41, 5.74) is 1.81. The molecule has 1 unspecified atom stereocenters. The number of guanidine groups is 1. The monoisotopic (exact) mass is 383 g/mol. The van der Waals surface area contributed by atoms with Crippen molar-refractivity contribution >= 4 is 17.3 Å². The fourth-order valence-electron chi connectivity index (χ4n) is 3.39. The molecule has 3 rings (SSSR count). The number of nitrogens with one attached hydrogen (secondary N) is 2. The van der Waals surface area contributed by atoms with Gasteiger partial charge in [0.2, 0.25) is 0 Å². The van der Waals surface area contributed by atoms with Crippen LogP contribution >= 0.6 is 0 Å². The number of methoxy groups -OCH3 is 1. The normalized spacial score (nSPS) is 16.7. The second-order valence-electron chi connectivity index (χ2n) is 6.56. The predicted molar refractivity (Wildman–Crippen MR) is 110 cm³/mol. The molecule has 0 bridgehead atoms. The van der Waals surface area contributed by atoms with E-state index in [0.29, 0.717) is 18.1 Å². The molecule has 1 atom stereocenters. The maximum atomic E-state index is 11.2. The molecule has 1 fully saturated rings. The van der Waals surface area contributed by atoms with Gasteiger partial charge in [-0.2, -0.15) is 0 Å². The number of hydrogen-bond acceptors (Lipinski definition) is 5. The third kappa shape index (κ3) is 4.51. The lowest BCUT2D eigenvalue weighted by Crippen LogP contribution is -2.44. The lowest BCUT2D eigenvalue weighted by molar-refractivity contribution is -0.385. The number of nitro benzene ring substituents is 1. The minimum atomic E-state index is -0.366. The summed E-state index contributed by atoms with van der Waals surface area (Å²) in [6.07, 6.45) is 0.963. The van der Waals surface area contributed by atoms with Crippen molar-refractivity contribution in [3.8, 4) is 5.75 Å². The molecule has 1 saturated heterocycles. The van der Waals surface area contributed by atoms with Gasteiger partial charge in [-0.15, -0.1) is 0 Å². The number of nitro groups is 1. The van der Waals surface area contributed by atoms with Crippen molar-refractivity contribution in [1.82, 2.24) is 10.6 Å². The van der Waals surface area contributed by atoms with Gasteiger partial charge < -0.3 is 20.3 Å². The van der Waals surface area contributed by atoms with Crippen molar-refractivity contribution in [3.63, 3.8) is 0 Å². The first-order chi connectivity index (χ1) is 13.6. The van der Waals surface area contributed by atoms with E-state index in [1.165, 1.54) is 6.07 Å². The minimum Gasteiger partial charge on any atom is -0.495 e. The standard InChI is InChI=1S/C20H25N5O3/c1-21-20(22-13-15-7-3-4-8-17(15)25(26)27)23-16-11-12-24(14-16)18-9-5-6-10-19(18)28-2/h3-10,16H,11-14H2,1-2H3,(H2,21,22,23). The molecule has 0 radical (unpaired) electrons. The quantitative estimate of drug-likeness (QED) is 0.345. The van der Waals surface area contributed by atoms with E-state index in [0.717, 1.165) is 30.9 Å². The fraction of sp³-hybridized carbons (Fsp3) is 0.350. The summed E-state index contributed by atoms with van der Waals surface area (Å²) in [6.45, 7) is 2.07. The Hall–Kier alpha value is -3.29. The van der Waals surface area contributed by atoms with Crippen molar-refractivity contribution in [3.05, 3.63) is 64.2 Å². The Balaban J connectivity index is 1.58. The molecule has 0 saturated carbocycles. The molecule has 0 aliphatic carbocycles. The molecule has 8 nitrogen and oxygen atoms in total. The zero-order valence-corrected chi connectivity index (χ0v) is 16.1. The van der Waals surface area contributed by atoms with Gasteiger partial charge in [-0.1, -0.05) is 30.3 Å². The first kappa shape index (κ1) is 19.5. The molecule has 148 valence electrons. The van der Waals surface area contributed by atoms with E-state index in [-0.39, 0.29) is 16.7 Å². The molecule has 0 spiro atoms. The first-order valence-corrected chi connectivity index (χ1v) is 9.19. The molecule has 2 N–H and O–H groups in total. The highest BCUT2D eigenvalue weighted by molar-refractivity contribution is 5.80. The Morgan fingerprint density at radius 2 is 2.04 bits per heavy atom. The average molecular weight is 383 g/mol. The van der Waals surface area contributed by atoms with Crippen LogP contribution in [0.25, 0.3) is 0 Å². The second-order valence-corrected chi connectivity index (χ2v) is 6.56. The van der Waals surface area contributed by atoms with Crippen LogP contribution in [0.1, 0.15) is 12.0 Å². The fourth-order valence-corrected chi connectivity index (χ4v) is 3.39. The van der Waals surface area contributed by atoms with E-state index in [1.807, 2.05) is 18.2 Å². The summed E-state index contributed by atoms with van der Waals surface area (Å²) >= 11 is 0. The lowest BCUT2D eigenvalue weighted by Gasteiger charge is -2.22. The minimum absolute atomic E-state index is 0.105. The molecular weight excluding hydrogens is 358 g/mol. The third-order valence-electron chi connectivity index (χ3n) is 4.81. The van der Waals surface area contributed by atoms with Gasteiger partial charge in [-0.25, -0.2) is 0 Å². The van der Waals surface area contributed by atoms with Crippen molar-refractivity contribution in [2.75, 3.05) is 32.1 Å². The van der Waals surface area contributed by atoms with Crippen LogP contribution in [0.2, 0.25) is 0 Å². The van der Waals surface area contributed by atoms with E-state index in [2.05, 4.69) is 26.6 Å². The number of hydrogen-bond donors (Lipinski definition) is 2. The number of rotatable bonds is 6. The van der Waals surface area contributed by atoms with Crippen LogP contribution in [-0.4, -0.2) is 44.2 Å². The molecule has 2 aromatic carbocycles. The summed E-state index contributed by atoms with van der Waals surface area (Å²) in [4.78, 5) is 17.3. The van der Waals surface area contributed by atoms with Gasteiger partial charge in [-0.05, 0) is 18.6 Å². The van der Waals surface area contributed by atoms with Crippen LogP contribution in [-0.2, 0) is 6.54 Å². The van der Waals surface area contributed by atoms with Crippen LogP contribution in [0.15, 0.2) is 53.5 Å². The number of ether oxygens (including phenoxy) is 1. The molecule has 0 aromatic heterocycles. The molecule has 0 amide bonds. The first-order valence-electron chi connectivity index (χ1n) is 9.19. The topological polar surface area (TPSA) is 92.0 Å². The highest BCUT2D eigenvalue weighted by atomic mass is 16.6.